The number of carbonyl (C=O) groups is 1. The van der Waals surface area contributed by atoms with Gasteiger partial charge in [0.05, 0.1) is 6.61 Å². The van der Waals surface area contributed by atoms with Crippen molar-refractivity contribution in [1.82, 2.24) is 4.90 Å². The third-order valence-corrected chi connectivity index (χ3v) is 9.23. The molecule has 2 heterocycles. The summed E-state index contributed by atoms with van der Waals surface area (Å²) < 4.78 is 13.4. The number of hydrogen-bond acceptors (Lipinski definition) is 7. The van der Waals surface area contributed by atoms with E-state index in [1.165, 1.54) is 16.8 Å². The molecule has 0 amide bonds. The first-order chi connectivity index (χ1) is 21.6. The monoisotopic (exact) mass is 605 g/mol. The topological polar surface area (TPSA) is 49.2 Å². The quantitative estimate of drug-likeness (QED) is 0.112. The molecule has 1 fully saturated rings. The highest BCUT2D eigenvalue weighted by molar-refractivity contribution is 8.00. The van der Waals surface area contributed by atoms with E-state index in [4.69, 9.17) is 9.15 Å². The standard InChI is InChI=1S/C37H39N3O3S/c1-3-42-37(41)36-28(2)34-26-33(18-19-35(34)43-36)44-40(21-20-29-10-6-4-7-11-29)32-16-14-31(15-17-32)39-24-22-38(23-25-39)27-30-12-8-5-9-13-30/h4-19,26H,3,20-25,27H2,1-2H3. The first kappa shape index (κ1) is 29.9. The summed E-state index contributed by atoms with van der Waals surface area (Å²) in [6.07, 6.45) is 0.930. The number of esters is 1. The zero-order valence-electron chi connectivity index (χ0n) is 25.4. The van der Waals surface area contributed by atoms with Crippen LogP contribution in [-0.4, -0.2) is 50.2 Å². The van der Waals surface area contributed by atoms with E-state index in [1.54, 1.807) is 18.9 Å². The van der Waals surface area contributed by atoms with Crippen LogP contribution < -0.4 is 9.21 Å². The van der Waals surface area contributed by atoms with Gasteiger partial charge in [0.1, 0.15) is 5.58 Å². The van der Waals surface area contributed by atoms with Gasteiger partial charge in [-0.25, -0.2) is 4.79 Å². The summed E-state index contributed by atoms with van der Waals surface area (Å²) in [6.45, 7) is 10.1. The van der Waals surface area contributed by atoms with Crippen LogP contribution in [0.15, 0.2) is 112 Å². The number of piperazine rings is 1. The summed E-state index contributed by atoms with van der Waals surface area (Å²) in [7, 11) is 0. The second kappa shape index (κ2) is 14.1. The van der Waals surface area contributed by atoms with Crippen LogP contribution in [0.1, 0.15) is 34.2 Å². The number of carbonyl (C=O) groups excluding carboxylic acids is 1. The van der Waals surface area contributed by atoms with Crippen molar-refractivity contribution >= 4 is 40.3 Å². The molecule has 44 heavy (non-hydrogen) atoms. The van der Waals surface area contributed by atoms with Crippen molar-refractivity contribution in [1.29, 1.82) is 0 Å². The number of aryl methyl sites for hydroxylation is 1. The summed E-state index contributed by atoms with van der Waals surface area (Å²) in [5.74, 6) is -0.140. The van der Waals surface area contributed by atoms with Crippen LogP contribution in [0.4, 0.5) is 11.4 Å². The smallest absolute Gasteiger partial charge is 0.374 e. The minimum atomic E-state index is -0.419. The van der Waals surface area contributed by atoms with E-state index in [0.29, 0.717) is 12.2 Å². The third kappa shape index (κ3) is 7.12. The lowest BCUT2D eigenvalue weighted by atomic mass is 10.1. The lowest BCUT2D eigenvalue weighted by Gasteiger charge is -2.36. The summed E-state index contributed by atoms with van der Waals surface area (Å²) in [5.41, 5.74) is 6.61. The molecule has 1 aliphatic rings. The van der Waals surface area contributed by atoms with Crippen LogP contribution in [0.2, 0.25) is 0 Å². The van der Waals surface area contributed by atoms with E-state index < -0.39 is 5.97 Å². The van der Waals surface area contributed by atoms with Crippen molar-refractivity contribution in [2.24, 2.45) is 0 Å². The molecule has 5 aromatic rings. The highest BCUT2D eigenvalue weighted by Gasteiger charge is 2.21. The largest absolute Gasteiger partial charge is 0.460 e. The zero-order chi connectivity index (χ0) is 30.3. The number of hydrogen-bond donors (Lipinski definition) is 0. The number of nitrogens with zero attached hydrogens (tertiary/aromatic N) is 3. The molecule has 0 saturated carbocycles. The van der Waals surface area contributed by atoms with E-state index in [-0.39, 0.29) is 5.76 Å². The molecule has 0 aliphatic carbocycles. The van der Waals surface area contributed by atoms with Crippen LogP contribution >= 0.6 is 11.9 Å². The molecule has 0 spiro atoms. The molecule has 0 atom stereocenters. The van der Waals surface area contributed by atoms with Crippen LogP contribution in [0, 0.1) is 6.92 Å². The molecular formula is C37H39N3O3S. The maximum Gasteiger partial charge on any atom is 0.374 e. The van der Waals surface area contributed by atoms with Crippen molar-refractivity contribution in [2.45, 2.75) is 31.7 Å². The number of fused-ring (bicyclic) bond motifs is 1. The highest BCUT2D eigenvalue weighted by atomic mass is 32.2. The Bertz CT molecular complexity index is 1660. The second-order valence-corrected chi connectivity index (χ2v) is 12.2. The molecule has 0 unspecified atom stereocenters. The predicted molar refractivity (Wildman–Crippen MR) is 181 cm³/mol. The highest BCUT2D eigenvalue weighted by Crippen LogP contribution is 2.35. The molecular weight excluding hydrogens is 566 g/mol. The Morgan fingerprint density at radius 2 is 1.55 bits per heavy atom. The molecule has 1 saturated heterocycles. The molecule has 0 radical (unpaired) electrons. The van der Waals surface area contributed by atoms with Gasteiger partial charge < -0.3 is 18.4 Å². The Morgan fingerprint density at radius 1 is 0.864 bits per heavy atom. The number of rotatable bonds is 11. The Balaban J connectivity index is 1.17. The molecule has 0 N–H and O–H groups in total. The van der Waals surface area contributed by atoms with Gasteiger partial charge in [0, 0.05) is 66.5 Å². The Kier molecular flexibility index (Phi) is 9.54. The van der Waals surface area contributed by atoms with Gasteiger partial charge in [-0.15, -0.1) is 0 Å². The fourth-order valence-electron chi connectivity index (χ4n) is 5.71. The van der Waals surface area contributed by atoms with E-state index in [2.05, 4.69) is 111 Å². The normalized spacial score (nSPS) is 13.7. The molecule has 6 nitrogen and oxygen atoms in total. The van der Waals surface area contributed by atoms with Crippen LogP contribution in [0.5, 0.6) is 0 Å². The van der Waals surface area contributed by atoms with Crippen molar-refractivity contribution in [3.63, 3.8) is 0 Å². The van der Waals surface area contributed by atoms with Gasteiger partial charge in [-0.2, -0.15) is 0 Å². The fraction of sp³-hybridized carbons (Fsp3) is 0.270. The Hall–Kier alpha value is -4.20. The summed E-state index contributed by atoms with van der Waals surface area (Å²) >= 11 is 1.71. The number of furan rings is 1. The maximum absolute atomic E-state index is 12.4. The van der Waals surface area contributed by atoms with E-state index >= 15 is 0 Å². The van der Waals surface area contributed by atoms with Crippen LogP contribution in [0.3, 0.4) is 0 Å². The molecule has 1 aromatic heterocycles. The van der Waals surface area contributed by atoms with E-state index in [0.717, 1.165) is 67.2 Å². The Morgan fingerprint density at radius 3 is 2.23 bits per heavy atom. The minimum Gasteiger partial charge on any atom is -0.460 e. The Labute approximate surface area is 264 Å². The van der Waals surface area contributed by atoms with Gasteiger partial charge in [-0.3, -0.25) is 4.90 Å². The zero-order valence-corrected chi connectivity index (χ0v) is 26.3. The summed E-state index contributed by atoms with van der Waals surface area (Å²) in [5, 5.41) is 0.933. The SMILES string of the molecule is CCOC(=O)c1oc2ccc(SN(CCc3ccccc3)c3ccc(N4CCN(Cc5ccccc5)CC4)cc3)cc2c1C. The number of benzene rings is 4. The van der Waals surface area contributed by atoms with Crippen molar-refractivity contribution in [3.8, 4) is 0 Å². The van der Waals surface area contributed by atoms with Gasteiger partial charge in [0.2, 0.25) is 5.76 Å². The molecule has 226 valence electrons. The number of ether oxygens (including phenoxy) is 1. The van der Waals surface area contributed by atoms with Gasteiger partial charge >= 0.3 is 5.97 Å². The summed E-state index contributed by atoms with van der Waals surface area (Å²) in [4.78, 5) is 18.5. The number of anilines is 2. The molecule has 1 aliphatic heterocycles. The average Bonchev–Trinajstić information content (AvgIpc) is 3.40. The maximum atomic E-state index is 12.4. The van der Waals surface area contributed by atoms with E-state index in [9.17, 15) is 4.79 Å². The predicted octanol–water partition coefficient (Wildman–Crippen LogP) is 8.00. The van der Waals surface area contributed by atoms with Crippen molar-refractivity contribution < 1.29 is 13.9 Å². The molecule has 4 aromatic carbocycles. The lowest BCUT2D eigenvalue weighted by Crippen LogP contribution is -2.45. The second-order valence-electron chi connectivity index (χ2n) is 11.1. The first-order valence-electron chi connectivity index (χ1n) is 15.4. The summed E-state index contributed by atoms with van der Waals surface area (Å²) in [6, 6.07) is 36.5. The first-order valence-corrected chi connectivity index (χ1v) is 16.2. The molecule has 0 bridgehead atoms. The van der Waals surface area contributed by atoms with Crippen LogP contribution in [0.25, 0.3) is 11.0 Å². The minimum absolute atomic E-state index is 0.279. The molecule has 6 rings (SSSR count). The van der Waals surface area contributed by atoms with Gasteiger partial charge in [0.15, 0.2) is 0 Å². The van der Waals surface area contributed by atoms with Gasteiger partial charge in [0.25, 0.3) is 0 Å². The van der Waals surface area contributed by atoms with E-state index in [1.807, 2.05) is 13.0 Å². The van der Waals surface area contributed by atoms with Crippen LogP contribution in [-0.2, 0) is 17.7 Å². The lowest BCUT2D eigenvalue weighted by molar-refractivity contribution is 0.0491. The average molecular weight is 606 g/mol. The third-order valence-electron chi connectivity index (χ3n) is 8.15. The van der Waals surface area contributed by atoms with Gasteiger partial charge in [-0.05, 0) is 85.8 Å². The fourth-order valence-corrected chi connectivity index (χ4v) is 6.68. The van der Waals surface area contributed by atoms with Crippen molar-refractivity contribution in [2.75, 3.05) is 48.5 Å². The van der Waals surface area contributed by atoms with Crippen molar-refractivity contribution in [3.05, 3.63) is 126 Å². The van der Waals surface area contributed by atoms with Gasteiger partial charge in [-0.1, -0.05) is 60.7 Å². The molecule has 7 heteroatoms.